The van der Waals surface area contributed by atoms with Crippen LogP contribution in [0.2, 0.25) is 0 Å². The Balaban J connectivity index is 1.97. The number of carbonyl (C=O) groups excluding carboxylic acids is 1. The molecule has 0 amide bonds. The van der Waals surface area contributed by atoms with Crippen LogP contribution in [0.5, 0.6) is 0 Å². The van der Waals surface area contributed by atoms with Crippen molar-refractivity contribution in [3.63, 3.8) is 0 Å². The fourth-order valence-electron chi connectivity index (χ4n) is 2.49. The Bertz CT molecular complexity index is 204. The van der Waals surface area contributed by atoms with Gasteiger partial charge in [0.25, 0.3) is 0 Å². The van der Waals surface area contributed by atoms with Crippen LogP contribution in [0.3, 0.4) is 0 Å². The summed E-state index contributed by atoms with van der Waals surface area (Å²) in [5.74, 6) is 1.04. The average molecular weight is 180 g/mol. The van der Waals surface area contributed by atoms with E-state index in [0.29, 0.717) is 11.8 Å². The molecule has 0 aromatic heterocycles. The van der Waals surface area contributed by atoms with Crippen molar-refractivity contribution in [2.24, 2.45) is 11.8 Å². The summed E-state index contributed by atoms with van der Waals surface area (Å²) in [5.41, 5.74) is 0. The molecule has 0 radical (unpaired) electrons. The molecule has 1 fully saturated rings. The van der Waals surface area contributed by atoms with Gasteiger partial charge in [0.05, 0.1) is 6.26 Å². The van der Waals surface area contributed by atoms with Crippen molar-refractivity contribution in [3.05, 3.63) is 12.3 Å². The van der Waals surface area contributed by atoms with Crippen molar-refractivity contribution in [1.29, 1.82) is 0 Å². The first-order valence-corrected chi connectivity index (χ1v) is 5.19. The standard InChI is InChI=1S/C11H16O2/c12-8-11-10(6-7-13-11)9-4-2-1-3-5-9/h6-11H,1-5H2. The molecule has 1 aliphatic carbocycles. The van der Waals surface area contributed by atoms with E-state index in [-0.39, 0.29) is 6.10 Å². The first kappa shape index (κ1) is 8.79. The van der Waals surface area contributed by atoms with Crippen LogP contribution in [0.4, 0.5) is 0 Å². The zero-order valence-corrected chi connectivity index (χ0v) is 7.82. The van der Waals surface area contributed by atoms with E-state index in [1.807, 2.05) is 0 Å². The van der Waals surface area contributed by atoms with Crippen LogP contribution in [-0.4, -0.2) is 12.4 Å². The van der Waals surface area contributed by atoms with Gasteiger partial charge in [-0.2, -0.15) is 0 Å². The predicted molar refractivity (Wildman–Crippen MR) is 50.1 cm³/mol. The SMILES string of the molecule is O=CC1OC=CC1C1CCCCC1. The van der Waals surface area contributed by atoms with E-state index in [2.05, 4.69) is 6.08 Å². The monoisotopic (exact) mass is 180 g/mol. The highest BCUT2D eigenvalue weighted by molar-refractivity contribution is 5.58. The van der Waals surface area contributed by atoms with E-state index in [9.17, 15) is 4.79 Å². The molecule has 2 rings (SSSR count). The van der Waals surface area contributed by atoms with Gasteiger partial charge in [-0.15, -0.1) is 0 Å². The first-order chi connectivity index (χ1) is 6.42. The van der Waals surface area contributed by atoms with Crippen LogP contribution in [0, 0.1) is 11.8 Å². The van der Waals surface area contributed by atoms with Gasteiger partial charge in [-0.1, -0.05) is 19.3 Å². The smallest absolute Gasteiger partial charge is 0.161 e. The molecule has 72 valence electrons. The number of aldehydes is 1. The third-order valence-corrected chi connectivity index (χ3v) is 3.24. The van der Waals surface area contributed by atoms with Crippen molar-refractivity contribution in [3.8, 4) is 0 Å². The van der Waals surface area contributed by atoms with Crippen LogP contribution in [0.25, 0.3) is 0 Å². The Hall–Kier alpha value is -0.790. The van der Waals surface area contributed by atoms with Gasteiger partial charge in [0.2, 0.25) is 0 Å². The molecule has 13 heavy (non-hydrogen) atoms. The Morgan fingerprint density at radius 1 is 1.23 bits per heavy atom. The lowest BCUT2D eigenvalue weighted by Crippen LogP contribution is -2.27. The van der Waals surface area contributed by atoms with Crippen molar-refractivity contribution in [1.82, 2.24) is 0 Å². The molecule has 2 aliphatic rings. The van der Waals surface area contributed by atoms with Crippen LogP contribution in [-0.2, 0) is 9.53 Å². The molecule has 0 N–H and O–H groups in total. The second-order valence-corrected chi connectivity index (χ2v) is 4.04. The maximum absolute atomic E-state index is 10.7. The Labute approximate surface area is 79.0 Å². The molecule has 0 bridgehead atoms. The van der Waals surface area contributed by atoms with Crippen LogP contribution in [0.1, 0.15) is 32.1 Å². The molecule has 0 spiro atoms. The molecular formula is C11H16O2. The summed E-state index contributed by atoms with van der Waals surface area (Å²) in [4.78, 5) is 10.7. The van der Waals surface area contributed by atoms with E-state index in [1.54, 1.807) is 6.26 Å². The predicted octanol–water partition coefficient (Wildman–Crippen LogP) is 2.29. The lowest BCUT2D eigenvalue weighted by atomic mass is 9.78. The minimum Gasteiger partial charge on any atom is -0.490 e. The van der Waals surface area contributed by atoms with Gasteiger partial charge < -0.3 is 4.74 Å². The molecule has 0 aromatic carbocycles. The highest BCUT2D eigenvalue weighted by Crippen LogP contribution is 2.35. The van der Waals surface area contributed by atoms with Crippen molar-refractivity contribution >= 4 is 6.29 Å². The summed E-state index contributed by atoms with van der Waals surface area (Å²) in [5, 5.41) is 0. The second kappa shape index (κ2) is 3.95. The third-order valence-electron chi connectivity index (χ3n) is 3.24. The van der Waals surface area contributed by atoms with Crippen LogP contribution < -0.4 is 0 Å². The molecule has 2 unspecified atom stereocenters. The topological polar surface area (TPSA) is 26.3 Å². The summed E-state index contributed by atoms with van der Waals surface area (Å²) in [6.07, 6.45) is 11.0. The average Bonchev–Trinajstić information content (AvgIpc) is 2.67. The number of hydrogen-bond acceptors (Lipinski definition) is 2. The van der Waals surface area contributed by atoms with Crippen LogP contribution >= 0.6 is 0 Å². The highest BCUT2D eigenvalue weighted by Gasteiger charge is 2.32. The molecule has 2 atom stereocenters. The van der Waals surface area contributed by atoms with Gasteiger partial charge in [0.1, 0.15) is 0 Å². The van der Waals surface area contributed by atoms with Crippen molar-refractivity contribution in [2.75, 3.05) is 0 Å². The molecule has 2 heteroatoms. The number of hydrogen-bond donors (Lipinski definition) is 0. The Morgan fingerprint density at radius 3 is 2.69 bits per heavy atom. The summed E-state index contributed by atoms with van der Waals surface area (Å²) >= 11 is 0. The van der Waals surface area contributed by atoms with E-state index >= 15 is 0 Å². The molecular weight excluding hydrogens is 164 g/mol. The second-order valence-electron chi connectivity index (χ2n) is 4.04. The summed E-state index contributed by atoms with van der Waals surface area (Å²) < 4.78 is 5.22. The maximum atomic E-state index is 10.7. The molecule has 0 aromatic rings. The molecule has 1 saturated carbocycles. The van der Waals surface area contributed by atoms with Gasteiger partial charge in [-0.05, 0) is 24.8 Å². The van der Waals surface area contributed by atoms with E-state index in [4.69, 9.17) is 4.74 Å². The normalized spacial score (nSPS) is 34.5. The number of rotatable bonds is 2. The largest absolute Gasteiger partial charge is 0.490 e. The van der Waals surface area contributed by atoms with Crippen LogP contribution in [0.15, 0.2) is 12.3 Å². The molecule has 2 nitrogen and oxygen atoms in total. The zero-order valence-electron chi connectivity index (χ0n) is 7.82. The fourth-order valence-corrected chi connectivity index (χ4v) is 2.49. The minimum atomic E-state index is -0.192. The third kappa shape index (κ3) is 1.77. The van der Waals surface area contributed by atoms with Gasteiger partial charge in [-0.3, -0.25) is 4.79 Å². The molecule has 1 heterocycles. The summed E-state index contributed by atoms with van der Waals surface area (Å²) in [7, 11) is 0. The van der Waals surface area contributed by atoms with E-state index < -0.39 is 0 Å². The van der Waals surface area contributed by atoms with Gasteiger partial charge in [-0.25, -0.2) is 0 Å². The van der Waals surface area contributed by atoms with Crippen molar-refractivity contribution in [2.45, 2.75) is 38.2 Å². The highest BCUT2D eigenvalue weighted by atomic mass is 16.5. The zero-order chi connectivity index (χ0) is 9.10. The number of carbonyl (C=O) groups is 1. The minimum absolute atomic E-state index is 0.192. The lowest BCUT2D eigenvalue weighted by molar-refractivity contribution is -0.116. The first-order valence-electron chi connectivity index (χ1n) is 5.19. The Morgan fingerprint density at radius 2 is 2.00 bits per heavy atom. The lowest BCUT2D eigenvalue weighted by Gasteiger charge is -2.27. The molecule has 1 aliphatic heterocycles. The van der Waals surface area contributed by atoms with Gasteiger partial charge in [0, 0.05) is 5.92 Å². The fraction of sp³-hybridized carbons (Fsp3) is 0.727. The summed E-state index contributed by atoms with van der Waals surface area (Å²) in [6.45, 7) is 0. The van der Waals surface area contributed by atoms with Gasteiger partial charge >= 0.3 is 0 Å². The quantitative estimate of drug-likeness (QED) is 0.609. The van der Waals surface area contributed by atoms with E-state index in [0.717, 1.165) is 6.29 Å². The Kier molecular flexibility index (Phi) is 2.67. The molecule has 0 saturated heterocycles. The summed E-state index contributed by atoms with van der Waals surface area (Å²) in [6, 6.07) is 0. The number of ether oxygens (including phenoxy) is 1. The van der Waals surface area contributed by atoms with Crippen molar-refractivity contribution < 1.29 is 9.53 Å². The maximum Gasteiger partial charge on any atom is 0.161 e. The van der Waals surface area contributed by atoms with Gasteiger partial charge in [0.15, 0.2) is 12.4 Å². The van der Waals surface area contributed by atoms with E-state index in [1.165, 1.54) is 32.1 Å².